The number of nitrogens with one attached hydrogen (secondary N) is 1. The number of aryl methyl sites for hydroxylation is 1. The maximum Gasteiger partial charge on any atom is 0.225 e. The monoisotopic (exact) mass is 379 g/mol. The van der Waals surface area contributed by atoms with Gasteiger partial charge in [0.05, 0.1) is 0 Å². The average Bonchev–Trinajstić information content (AvgIpc) is 2.88. The van der Waals surface area contributed by atoms with E-state index < -0.39 is 0 Å². The van der Waals surface area contributed by atoms with Crippen LogP contribution in [-0.2, 0) is 11.2 Å². The fourth-order valence-electron chi connectivity index (χ4n) is 4.18. The van der Waals surface area contributed by atoms with Gasteiger partial charge in [0.15, 0.2) is 0 Å². The summed E-state index contributed by atoms with van der Waals surface area (Å²) in [5.74, 6) is 0.639. The van der Waals surface area contributed by atoms with E-state index in [-0.39, 0.29) is 18.3 Å². The molecule has 0 unspecified atom stereocenters. The van der Waals surface area contributed by atoms with E-state index >= 15 is 0 Å². The number of hydrogen-bond donors (Lipinski definition) is 1. The third-order valence-electron chi connectivity index (χ3n) is 5.66. The first kappa shape index (κ1) is 21.2. The van der Waals surface area contributed by atoms with E-state index in [0.29, 0.717) is 11.9 Å². The van der Waals surface area contributed by atoms with Gasteiger partial charge in [0.1, 0.15) is 0 Å². The summed E-state index contributed by atoms with van der Waals surface area (Å²) in [4.78, 5) is 17.5. The lowest BCUT2D eigenvalue weighted by molar-refractivity contribution is -0.136. The van der Waals surface area contributed by atoms with Crippen molar-refractivity contribution in [1.82, 2.24) is 15.1 Å². The van der Waals surface area contributed by atoms with Gasteiger partial charge in [-0.1, -0.05) is 30.3 Å². The summed E-state index contributed by atoms with van der Waals surface area (Å²) >= 11 is 0. The predicted molar refractivity (Wildman–Crippen MR) is 110 cm³/mol. The molecule has 146 valence electrons. The third-order valence-corrected chi connectivity index (χ3v) is 5.66. The normalized spacial score (nSPS) is 24.6. The second kappa shape index (κ2) is 10.9. The summed E-state index contributed by atoms with van der Waals surface area (Å²) in [7, 11) is 0. The minimum absolute atomic E-state index is 0. The number of nitrogens with zero attached hydrogens (tertiary/aromatic N) is 2. The van der Waals surface area contributed by atoms with Crippen LogP contribution in [0.2, 0.25) is 0 Å². The van der Waals surface area contributed by atoms with Crippen LogP contribution in [0.1, 0.15) is 38.2 Å². The molecule has 0 aromatic heterocycles. The Morgan fingerprint density at radius 2 is 1.96 bits per heavy atom. The van der Waals surface area contributed by atoms with Gasteiger partial charge >= 0.3 is 0 Å². The van der Waals surface area contributed by atoms with Gasteiger partial charge in [-0.3, -0.25) is 4.79 Å². The fraction of sp³-hybridized carbons (Fsp3) is 0.667. The molecule has 0 saturated carbocycles. The quantitative estimate of drug-likeness (QED) is 0.854. The highest BCUT2D eigenvalue weighted by molar-refractivity contribution is 5.85. The number of hydrogen-bond acceptors (Lipinski definition) is 3. The van der Waals surface area contributed by atoms with Crippen molar-refractivity contribution in [2.24, 2.45) is 5.92 Å². The first-order chi connectivity index (χ1) is 12.2. The second-order valence-electron chi connectivity index (χ2n) is 7.69. The van der Waals surface area contributed by atoms with Gasteiger partial charge in [0.25, 0.3) is 0 Å². The van der Waals surface area contributed by atoms with E-state index in [0.717, 1.165) is 65.0 Å². The van der Waals surface area contributed by atoms with Gasteiger partial charge in [0, 0.05) is 31.6 Å². The van der Waals surface area contributed by atoms with Gasteiger partial charge in [-0.25, -0.2) is 0 Å². The predicted octanol–water partition coefficient (Wildman–Crippen LogP) is 2.96. The SMILES string of the molecule is C[C@H]1C[C@@H](C(=O)N2CCCN(CCCc3ccccc3)CC2)CCN1.Cl. The smallest absolute Gasteiger partial charge is 0.225 e. The molecule has 2 saturated heterocycles. The second-order valence-corrected chi connectivity index (χ2v) is 7.69. The molecule has 1 aromatic carbocycles. The van der Waals surface area contributed by atoms with Crippen molar-refractivity contribution < 1.29 is 4.79 Å². The van der Waals surface area contributed by atoms with Crippen LogP contribution >= 0.6 is 12.4 Å². The number of piperidine rings is 1. The molecule has 0 bridgehead atoms. The van der Waals surface area contributed by atoms with E-state index in [9.17, 15) is 4.79 Å². The van der Waals surface area contributed by atoms with Crippen LogP contribution in [0.3, 0.4) is 0 Å². The molecule has 2 aliphatic rings. The maximum absolute atomic E-state index is 12.8. The summed E-state index contributed by atoms with van der Waals surface area (Å²) in [5.41, 5.74) is 1.43. The molecule has 2 aliphatic heterocycles. The molecule has 3 rings (SSSR count). The van der Waals surface area contributed by atoms with Crippen LogP contribution in [0, 0.1) is 5.92 Å². The summed E-state index contributed by atoms with van der Waals surface area (Å²) in [6, 6.07) is 11.2. The molecular weight excluding hydrogens is 346 g/mol. The molecule has 5 heteroatoms. The number of halogens is 1. The molecule has 0 aliphatic carbocycles. The number of carbonyl (C=O) groups is 1. The third kappa shape index (κ3) is 6.26. The van der Waals surface area contributed by atoms with Crippen LogP contribution in [0.15, 0.2) is 30.3 Å². The number of benzene rings is 1. The van der Waals surface area contributed by atoms with Crippen LogP contribution in [0.25, 0.3) is 0 Å². The Bertz CT molecular complexity index is 539. The Morgan fingerprint density at radius 3 is 2.73 bits per heavy atom. The Hall–Kier alpha value is -1.10. The Balaban J connectivity index is 0.00000243. The average molecular weight is 380 g/mol. The van der Waals surface area contributed by atoms with Crippen LogP contribution in [-0.4, -0.2) is 61.0 Å². The van der Waals surface area contributed by atoms with Gasteiger partial charge in [-0.15, -0.1) is 12.4 Å². The molecule has 4 nitrogen and oxygen atoms in total. The topological polar surface area (TPSA) is 35.6 Å². The van der Waals surface area contributed by atoms with Crippen molar-refractivity contribution in [3.63, 3.8) is 0 Å². The van der Waals surface area contributed by atoms with Gasteiger partial charge in [0.2, 0.25) is 5.91 Å². The van der Waals surface area contributed by atoms with Crippen molar-refractivity contribution in [1.29, 1.82) is 0 Å². The van der Waals surface area contributed by atoms with Gasteiger partial charge in [-0.05, 0) is 64.2 Å². The van der Waals surface area contributed by atoms with Crippen molar-refractivity contribution in [2.45, 2.75) is 45.1 Å². The number of amides is 1. The van der Waals surface area contributed by atoms with Gasteiger partial charge in [-0.2, -0.15) is 0 Å². The highest BCUT2D eigenvalue weighted by Gasteiger charge is 2.29. The lowest BCUT2D eigenvalue weighted by atomic mass is 9.92. The lowest BCUT2D eigenvalue weighted by Gasteiger charge is -2.31. The highest BCUT2D eigenvalue weighted by atomic mass is 35.5. The van der Waals surface area contributed by atoms with Gasteiger partial charge < -0.3 is 15.1 Å². The lowest BCUT2D eigenvalue weighted by Crippen LogP contribution is -2.45. The molecule has 2 fully saturated rings. The maximum atomic E-state index is 12.8. The minimum Gasteiger partial charge on any atom is -0.341 e. The number of rotatable bonds is 5. The standard InChI is InChI=1S/C21H33N3O.ClH/c1-18-17-20(10-11-22-18)21(25)24-14-6-13-23(15-16-24)12-5-9-19-7-3-2-4-8-19;/h2-4,7-8,18,20,22H,5-6,9-17H2,1H3;1H/t18-,20-;/m0./s1. The summed E-state index contributed by atoms with van der Waals surface area (Å²) in [6.07, 6.45) is 5.45. The zero-order chi connectivity index (χ0) is 17.5. The van der Waals surface area contributed by atoms with Crippen LogP contribution in [0.4, 0.5) is 0 Å². The van der Waals surface area contributed by atoms with Crippen LogP contribution in [0.5, 0.6) is 0 Å². The van der Waals surface area contributed by atoms with Crippen molar-refractivity contribution in [2.75, 3.05) is 39.3 Å². The molecular formula is C21H34ClN3O. The number of carbonyl (C=O) groups excluding carboxylic acids is 1. The summed E-state index contributed by atoms with van der Waals surface area (Å²) in [6.45, 7) is 8.31. The first-order valence-electron chi connectivity index (χ1n) is 10.0. The zero-order valence-electron chi connectivity index (χ0n) is 16.0. The summed E-state index contributed by atoms with van der Waals surface area (Å²) in [5, 5.41) is 3.45. The van der Waals surface area contributed by atoms with E-state index in [4.69, 9.17) is 0 Å². The molecule has 1 amide bonds. The first-order valence-corrected chi connectivity index (χ1v) is 10.0. The fourth-order valence-corrected chi connectivity index (χ4v) is 4.18. The van der Waals surface area contributed by atoms with E-state index in [2.05, 4.69) is 52.4 Å². The molecule has 1 N–H and O–H groups in total. The molecule has 0 spiro atoms. The highest BCUT2D eigenvalue weighted by Crippen LogP contribution is 2.20. The zero-order valence-corrected chi connectivity index (χ0v) is 16.8. The van der Waals surface area contributed by atoms with Crippen molar-refractivity contribution in [3.05, 3.63) is 35.9 Å². The largest absolute Gasteiger partial charge is 0.341 e. The van der Waals surface area contributed by atoms with E-state index in [1.807, 2.05) is 0 Å². The molecule has 1 aromatic rings. The minimum atomic E-state index is 0. The Morgan fingerprint density at radius 1 is 1.15 bits per heavy atom. The molecule has 2 heterocycles. The Kier molecular flexibility index (Phi) is 8.89. The van der Waals surface area contributed by atoms with Crippen molar-refractivity contribution in [3.8, 4) is 0 Å². The molecule has 26 heavy (non-hydrogen) atoms. The van der Waals surface area contributed by atoms with Crippen molar-refractivity contribution >= 4 is 18.3 Å². The van der Waals surface area contributed by atoms with E-state index in [1.54, 1.807) is 0 Å². The van der Waals surface area contributed by atoms with E-state index in [1.165, 1.54) is 12.0 Å². The van der Waals surface area contributed by atoms with Crippen LogP contribution < -0.4 is 5.32 Å². The summed E-state index contributed by atoms with van der Waals surface area (Å²) < 4.78 is 0. The molecule has 2 atom stereocenters. The Labute approximate surface area is 164 Å². The molecule has 0 radical (unpaired) electrons.